The Balaban J connectivity index is 2.09. The summed E-state index contributed by atoms with van der Waals surface area (Å²) < 4.78 is 10.3. The van der Waals surface area contributed by atoms with Crippen LogP contribution in [0.25, 0.3) is 0 Å². The van der Waals surface area contributed by atoms with Gasteiger partial charge in [0.25, 0.3) is 0 Å². The van der Waals surface area contributed by atoms with E-state index in [0.717, 1.165) is 13.1 Å². The molecule has 1 aromatic heterocycles. The molecule has 0 atom stereocenters. The van der Waals surface area contributed by atoms with E-state index in [1.165, 1.54) is 12.3 Å². The Bertz CT molecular complexity index is 381. The van der Waals surface area contributed by atoms with E-state index < -0.39 is 5.43 Å². The molecule has 2 rings (SSSR count). The van der Waals surface area contributed by atoms with Crippen LogP contribution >= 0.6 is 0 Å². The molecule has 0 bridgehead atoms. The quantitative estimate of drug-likeness (QED) is 0.756. The second-order valence-corrected chi connectivity index (χ2v) is 3.45. The number of aromatic hydroxyl groups is 1. The van der Waals surface area contributed by atoms with Gasteiger partial charge in [-0.05, 0) is 0 Å². The van der Waals surface area contributed by atoms with Crippen LogP contribution in [0.3, 0.4) is 0 Å². The first-order valence-corrected chi connectivity index (χ1v) is 4.87. The molecule has 1 aliphatic rings. The molecule has 1 aromatic rings. The van der Waals surface area contributed by atoms with Crippen molar-refractivity contribution in [1.82, 2.24) is 4.90 Å². The van der Waals surface area contributed by atoms with Crippen molar-refractivity contribution in [2.75, 3.05) is 26.3 Å². The minimum atomic E-state index is -0.399. The van der Waals surface area contributed by atoms with Gasteiger partial charge in [-0.2, -0.15) is 0 Å². The van der Waals surface area contributed by atoms with Crippen molar-refractivity contribution in [2.24, 2.45) is 0 Å². The van der Waals surface area contributed by atoms with Crippen molar-refractivity contribution in [3.8, 4) is 5.75 Å². The fourth-order valence-electron chi connectivity index (χ4n) is 1.52. The maximum absolute atomic E-state index is 11.1. The number of morpholine rings is 1. The molecule has 5 nitrogen and oxygen atoms in total. The van der Waals surface area contributed by atoms with Crippen molar-refractivity contribution in [1.29, 1.82) is 0 Å². The van der Waals surface area contributed by atoms with Gasteiger partial charge in [0.1, 0.15) is 0 Å². The van der Waals surface area contributed by atoms with E-state index in [-0.39, 0.29) is 5.75 Å². The summed E-state index contributed by atoms with van der Waals surface area (Å²) in [5.74, 6) is 0.0355. The number of hydrogen-bond donors (Lipinski definition) is 1. The average Bonchev–Trinajstić information content (AvgIpc) is 2.26. The molecule has 15 heavy (non-hydrogen) atoms. The number of rotatable bonds is 2. The third-order valence-electron chi connectivity index (χ3n) is 2.40. The first kappa shape index (κ1) is 10.2. The van der Waals surface area contributed by atoms with Gasteiger partial charge in [0.05, 0.1) is 26.0 Å². The number of hydrogen-bond acceptors (Lipinski definition) is 5. The fourth-order valence-corrected chi connectivity index (χ4v) is 1.52. The van der Waals surface area contributed by atoms with Crippen LogP contribution in [0.15, 0.2) is 21.5 Å². The molecule has 0 aromatic carbocycles. The van der Waals surface area contributed by atoms with Crippen LogP contribution in [-0.4, -0.2) is 36.3 Å². The Morgan fingerprint density at radius 1 is 1.40 bits per heavy atom. The van der Waals surface area contributed by atoms with Crippen LogP contribution < -0.4 is 5.43 Å². The van der Waals surface area contributed by atoms with E-state index in [0.29, 0.717) is 25.5 Å². The molecule has 2 heterocycles. The van der Waals surface area contributed by atoms with Gasteiger partial charge in [0, 0.05) is 19.2 Å². The third-order valence-corrected chi connectivity index (χ3v) is 2.40. The third kappa shape index (κ3) is 2.37. The lowest BCUT2D eigenvalue weighted by molar-refractivity contribution is 0.0305. The van der Waals surface area contributed by atoms with Crippen LogP contribution in [-0.2, 0) is 11.3 Å². The molecule has 0 saturated carbocycles. The summed E-state index contributed by atoms with van der Waals surface area (Å²) in [6.45, 7) is 3.39. The summed E-state index contributed by atoms with van der Waals surface area (Å²) in [6.07, 6.45) is 1.30. The minimum absolute atomic E-state index is 0.288. The SMILES string of the molecule is O=c1ccoc(CN2CCOCC2)c1O. The highest BCUT2D eigenvalue weighted by Crippen LogP contribution is 2.14. The summed E-state index contributed by atoms with van der Waals surface area (Å²) in [5, 5.41) is 9.46. The Labute approximate surface area is 86.9 Å². The fraction of sp³-hybridized carbons (Fsp3) is 0.500. The Morgan fingerprint density at radius 2 is 2.13 bits per heavy atom. The lowest BCUT2D eigenvalue weighted by Gasteiger charge is -2.25. The molecular weight excluding hydrogens is 198 g/mol. The molecule has 0 amide bonds. The zero-order valence-electron chi connectivity index (χ0n) is 8.31. The molecule has 0 radical (unpaired) electrons. The Hall–Kier alpha value is -1.33. The van der Waals surface area contributed by atoms with E-state index in [1.807, 2.05) is 0 Å². The van der Waals surface area contributed by atoms with Gasteiger partial charge in [0.2, 0.25) is 11.2 Å². The molecule has 1 fully saturated rings. The second-order valence-electron chi connectivity index (χ2n) is 3.45. The lowest BCUT2D eigenvalue weighted by Crippen LogP contribution is -2.35. The molecule has 82 valence electrons. The van der Waals surface area contributed by atoms with Crippen molar-refractivity contribution in [3.63, 3.8) is 0 Å². The predicted octanol–water partition coefficient (Wildman–Crippen LogP) is 0.178. The second kappa shape index (κ2) is 4.46. The summed E-state index contributed by atoms with van der Waals surface area (Å²) in [6, 6.07) is 1.21. The average molecular weight is 211 g/mol. The van der Waals surface area contributed by atoms with Crippen LogP contribution in [0.1, 0.15) is 5.76 Å². The van der Waals surface area contributed by atoms with E-state index in [4.69, 9.17) is 9.15 Å². The summed E-state index contributed by atoms with van der Waals surface area (Å²) in [7, 11) is 0. The largest absolute Gasteiger partial charge is 0.502 e. The van der Waals surface area contributed by atoms with Crippen molar-refractivity contribution in [3.05, 3.63) is 28.3 Å². The van der Waals surface area contributed by atoms with Crippen LogP contribution in [0.2, 0.25) is 0 Å². The smallest absolute Gasteiger partial charge is 0.226 e. The molecule has 0 unspecified atom stereocenters. The number of ether oxygens (including phenoxy) is 1. The van der Waals surface area contributed by atoms with Crippen molar-refractivity contribution in [2.45, 2.75) is 6.54 Å². The highest BCUT2D eigenvalue weighted by atomic mass is 16.5. The van der Waals surface area contributed by atoms with Crippen LogP contribution in [0, 0.1) is 0 Å². The normalized spacial score (nSPS) is 17.9. The van der Waals surface area contributed by atoms with Gasteiger partial charge >= 0.3 is 0 Å². The standard InChI is InChI=1S/C10H13NO4/c12-8-1-4-15-9(10(8)13)7-11-2-5-14-6-3-11/h1,4,13H,2-3,5-7H2. The predicted molar refractivity (Wildman–Crippen MR) is 52.7 cm³/mol. The maximum atomic E-state index is 11.1. The van der Waals surface area contributed by atoms with Crippen molar-refractivity contribution < 1.29 is 14.3 Å². The lowest BCUT2D eigenvalue weighted by atomic mass is 10.3. The highest BCUT2D eigenvalue weighted by Gasteiger charge is 2.15. The molecule has 0 aliphatic carbocycles. The molecular formula is C10H13NO4. The van der Waals surface area contributed by atoms with E-state index in [2.05, 4.69) is 4.90 Å². The molecule has 1 N–H and O–H groups in total. The molecule has 5 heteroatoms. The molecule has 1 saturated heterocycles. The van der Waals surface area contributed by atoms with Gasteiger partial charge < -0.3 is 14.3 Å². The minimum Gasteiger partial charge on any atom is -0.502 e. The molecule has 0 spiro atoms. The zero-order chi connectivity index (χ0) is 10.7. The van der Waals surface area contributed by atoms with E-state index in [9.17, 15) is 9.90 Å². The topological polar surface area (TPSA) is 62.9 Å². The zero-order valence-corrected chi connectivity index (χ0v) is 8.31. The number of nitrogens with zero attached hydrogens (tertiary/aromatic N) is 1. The monoisotopic (exact) mass is 211 g/mol. The highest BCUT2D eigenvalue weighted by molar-refractivity contribution is 5.22. The van der Waals surface area contributed by atoms with Gasteiger partial charge in [-0.25, -0.2) is 0 Å². The van der Waals surface area contributed by atoms with Gasteiger partial charge in [-0.3, -0.25) is 9.69 Å². The summed E-state index contributed by atoms with van der Waals surface area (Å²) in [5.41, 5.74) is -0.399. The van der Waals surface area contributed by atoms with Crippen LogP contribution in [0.4, 0.5) is 0 Å². The Kier molecular flexibility index (Phi) is 3.03. The first-order valence-electron chi connectivity index (χ1n) is 4.87. The van der Waals surface area contributed by atoms with E-state index >= 15 is 0 Å². The van der Waals surface area contributed by atoms with Crippen LogP contribution in [0.5, 0.6) is 5.75 Å². The summed E-state index contributed by atoms with van der Waals surface area (Å²) in [4.78, 5) is 13.2. The van der Waals surface area contributed by atoms with E-state index in [1.54, 1.807) is 0 Å². The van der Waals surface area contributed by atoms with Gasteiger partial charge in [0.15, 0.2) is 5.76 Å². The molecule has 1 aliphatic heterocycles. The van der Waals surface area contributed by atoms with Gasteiger partial charge in [-0.1, -0.05) is 0 Å². The maximum Gasteiger partial charge on any atom is 0.226 e. The summed E-state index contributed by atoms with van der Waals surface area (Å²) >= 11 is 0. The Morgan fingerprint density at radius 3 is 2.87 bits per heavy atom. The first-order chi connectivity index (χ1) is 7.27. The van der Waals surface area contributed by atoms with Gasteiger partial charge in [-0.15, -0.1) is 0 Å². The van der Waals surface area contributed by atoms with Crippen molar-refractivity contribution >= 4 is 0 Å².